The van der Waals surface area contributed by atoms with Crippen LogP contribution in [0.15, 0.2) is 30.5 Å². The third-order valence-corrected chi connectivity index (χ3v) is 4.34. The highest BCUT2D eigenvalue weighted by Gasteiger charge is 2.23. The fourth-order valence-corrected chi connectivity index (χ4v) is 3.01. The third-order valence-electron chi connectivity index (χ3n) is 4.34. The van der Waals surface area contributed by atoms with Gasteiger partial charge in [-0.05, 0) is 56.9 Å². The van der Waals surface area contributed by atoms with E-state index >= 15 is 0 Å². The summed E-state index contributed by atoms with van der Waals surface area (Å²) in [4.78, 5) is 7.07. The lowest BCUT2D eigenvalue weighted by molar-refractivity contribution is 0.949. The monoisotopic (exact) mass is 282 g/mol. The number of anilines is 2. The molecule has 4 heteroatoms. The van der Waals surface area contributed by atoms with Crippen LogP contribution >= 0.6 is 0 Å². The number of nitrogens with zero attached hydrogens (tertiary/aromatic N) is 3. The minimum atomic E-state index is 0.620. The van der Waals surface area contributed by atoms with Crippen molar-refractivity contribution in [1.29, 1.82) is 0 Å². The molecule has 2 heterocycles. The van der Waals surface area contributed by atoms with Gasteiger partial charge in [-0.3, -0.25) is 4.57 Å². The molecule has 1 aromatic heterocycles. The molecule has 1 aromatic carbocycles. The van der Waals surface area contributed by atoms with Crippen molar-refractivity contribution in [3.05, 3.63) is 36.2 Å². The first-order chi connectivity index (χ1) is 10.3. The summed E-state index contributed by atoms with van der Waals surface area (Å²) in [5.74, 6) is 0.976. The first-order valence-corrected chi connectivity index (χ1v) is 7.97. The van der Waals surface area contributed by atoms with Crippen molar-refractivity contribution < 1.29 is 0 Å². The Labute approximate surface area is 125 Å². The predicted molar refractivity (Wildman–Crippen MR) is 86.4 cm³/mol. The summed E-state index contributed by atoms with van der Waals surface area (Å²) in [6, 6.07) is 9.49. The zero-order valence-corrected chi connectivity index (χ0v) is 12.5. The molecule has 1 saturated carbocycles. The molecule has 0 radical (unpaired) electrons. The van der Waals surface area contributed by atoms with Crippen molar-refractivity contribution in [3.8, 4) is 5.69 Å². The molecule has 1 aliphatic heterocycles. The van der Waals surface area contributed by atoms with Gasteiger partial charge in [0.25, 0.3) is 0 Å². The van der Waals surface area contributed by atoms with Crippen LogP contribution in [0, 0.1) is 6.92 Å². The predicted octanol–water partition coefficient (Wildman–Crippen LogP) is 3.36. The van der Waals surface area contributed by atoms with Crippen LogP contribution in [-0.4, -0.2) is 28.7 Å². The second kappa shape index (κ2) is 5.10. The average Bonchev–Trinajstić information content (AvgIpc) is 3.01. The van der Waals surface area contributed by atoms with Crippen molar-refractivity contribution in [3.63, 3.8) is 0 Å². The normalized spacial score (nSPS) is 18.2. The maximum Gasteiger partial charge on any atom is 0.207 e. The molecule has 1 N–H and O–H groups in total. The molecule has 1 aliphatic carbocycles. The van der Waals surface area contributed by atoms with E-state index in [1.807, 2.05) is 6.92 Å². The average molecular weight is 282 g/mol. The lowest BCUT2D eigenvalue weighted by atomic mass is 10.2. The van der Waals surface area contributed by atoms with Gasteiger partial charge in [-0.15, -0.1) is 0 Å². The topological polar surface area (TPSA) is 33.1 Å². The van der Waals surface area contributed by atoms with E-state index in [4.69, 9.17) is 0 Å². The summed E-state index contributed by atoms with van der Waals surface area (Å²) in [6.07, 6.45) is 7.27. The third kappa shape index (κ3) is 2.62. The molecule has 4 nitrogen and oxygen atoms in total. The second-order valence-corrected chi connectivity index (χ2v) is 6.21. The number of rotatable bonds is 4. The van der Waals surface area contributed by atoms with Gasteiger partial charge in [-0.25, -0.2) is 4.98 Å². The first-order valence-electron chi connectivity index (χ1n) is 7.97. The second-order valence-electron chi connectivity index (χ2n) is 6.21. The molecule has 1 saturated heterocycles. The van der Waals surface area contributed by atoms with Gasteiger partial charge in [0.2, 0.25) is 5.95 Å². The standard InChI is InChI=1S/C17H22N4/c1-13-12-21(17(18-13)19-14-4-5-14)16-8-6-15(7-9-16)20-10-2-3-11-20/h6-9,12,14H,2-5,10-11H2,1H3,(H,18,19). The fourth-order valence-electron chi connectivity index (χ4n) is 3.01. The van der Waals surface area contributed by atoms with Crippen LogP contribution < -0.4 is 10.2 Å². The molecular weight excluding hydrogens is 260 g/mol. The molecule has 21 heavy (non-hydrogen) atoms. The summed E-state index contributed by atoms with van der Waals surface area (Å²) >= 11 is 0. The molecule has 110 valence electrons. The molecule has 0 amide bonds. The largest absolute Gasteiger partial charge is 0.372 e. The maximum atomic E-state index is 4.61. The summed E-state index contributed by atoms with van der Waals surface area (Å²) in [6.45, 7) is 4.43. The number of hydrogen-bond acceptors (Lipinski definition) is 3. The lowest BCUT2D eigenvalue weighted by Gasteiger charge is -2.18. The van der Waals surface area contributed by atoms with Gasteiger partial charge >= 0.3 is 0 Å². The van der Waals surface area contributed by atoms with E-state index in [1.165, 1.54) is 50.1 Å². The van der Waals surface area contributed by atoms with Gasteiger partial charge in [0.1, 0.15) is 0 Å². The lowest BCUT2D eigenvalue weighted by Crippen LogP contribution is -2.17. The van der Waals surface area contributed by atoms with Crippen LogP contribution in [0.4, 0.5) is 11.6 Å². The van der Waals surface area contributed by atoms with E-state index in [-0.39, 0.29) is 0 Å². The highest BCUT2D eigenvalue weighted by molar-refractivity contribution is 5.53. The number of benzene rings is 1. The number of hydrogen-bond donors (Lipinski definition) is 1. The van der Waals surface area contributed by atoms with Crippen LogP contribution in [0.1, 0.15) is 31.4 Å². The summed E-state index contributed by atoms with van der Waals surface area (Å²) in [5, 5.41) is 3.51. The summed E-state index contributed by atoms with van der Waals surface area (Å²) in [7, 11) is 0. The zero-order chi connectivity index (χ0) is 14.2. The smallest absolute Gasteiger partial charge is 0.207 e. The van der Waals surface area contributed by atoms with Gasteiger partial charge in [0.05, 0.1) is 5.69 Å². The minimum Gasteiger partial charge on any atom is -0.372 e. The molecule has 2 fully saturated rings. The highest BCUT2D eigenvalue weighted by atomic mass is 15.2. The Balaban J connectivity index is 1.60. The first kappa shape index (κ1) is 12.7. The Morgan fingerprint density at radius 2 is 1.71 bits per heavy atom. The van der Waals surface area contributed by atoms with Gasteiger partial charge < -0.3 is 10.2 Å². The molecule has 0 spiro atoms. The molecule has 2 aliphatic rings. The van der Waals surface area contributed by atoms with Crippen LogP contribution in [0.2, 0.25) is 0 Å². The van der Waals surface area contributed by atoms with Crippen molar-refractivity contribution in [1.82, 2.24) is 9.55 Å². The van der Waals surface area contributed by atoms with E-state index in [9.17, 15) is 0 Å². The van der Waals surface area contributed by atoms with Crippen LogP contribution in [-0.2, 0) is 0 Å². The van der Waals surface area contributed by atoms with E-state index < -0.39 is 0 Å². The molecule has 4 rings (SSSR count). The number of imidazole rings is 1. The van der Waals surface area contributed by atoms with Crippen LogP contribution in [0.25, 0.3) is 5.69 Å². The van der Waals surface area contributed by atoms with Crippen molar-refractivity contribution in [2.24, 2.45) is 0 Å². The summed E-state index contributed by atoms with van der Waals surface area (Å²) < 4.78 is 2.17. The van der Waals surface area contributed by atoms with Gasteiger partial charge in [-0.1, -0.05) is 0 Å². The minimum absolute atomic E-state index is 0.620. The Hall–Kier alpha value is -1.97. The quantitative estimate of drug-likeness (QED) is 0.933. The Morgan fingerprint density at radius 1 is 1.05 bits per heavy atom. The van der Waals surface area contributed by atoms with Crippen molar-refractivity contribution in [2.75, 3.05) is 23.3 Å². The molecule has 2 aromatic rings. The molecule has 0 unspecified atom stereocenters. The number of aryl methyl sites for hydroxylation is 1. The molecule has 0 bridgehead atoms. The van der Waals surface area contributed by atoms with Gasteiger partial charge in [0.15, 0.2) is 0 Å². The molecular formula is C17H22N4. The highest BCUT2D eigenvalue weighted by Crippen LogP contribution is 2.27. The zero-order valence-electron chi connectivity index (χ0n) is 12.5. The van der Waals surface area contributed by atoms with E-state index in [2.05, 4.69) is 50.2 Å². The number of nitrogens with one attached hydrogen (secondary N) is 1. The Bertz CT molecular complexity index is 619. The van der Waals surface area contributed by atoms with Crippen LogP contribution in [0.3, 0.4) is 0 Å². The SMILES string of the molecule is Cc1cn(-c2ccc(N3CCCC3)cc2)c(NC2CC2)n1. The Morgan fingerprint density at radius 3 is 2.38 bits per heavy atom. The van der Waals surface area contributed by atoms with Crippen LogP contribution in [0.5, 0.6) is 0 Å². The number of aromatic nitrogens is 2. The van der Waals surface area contributed by atoms with Crippen molar-refractivity contribution in [2.45, 2.75) is 38.6 Å². The van der Waals surface area contributed by atoms with Gasteiger partial charge in [-0.2, -0.15) is 0 Å². The maximum absolute atomic E-state index is 4.61. The Kier molecular flexibility index (Phi) is 3.09. The van der Waals surface area contributed by atoms with E-state index in [1.54, 1.807) is 0 Å². The fraction of sp³-hybridized carbons (Fsp3) is 0.471. The summed E-state index contributed by atoms with van der Waals surface area (Å²) in [5.41, 5.74) is 3.58. The molecule has 0 atom stereocenters. The van der Waals surface area contributed by atoms with E-state index in [0.29, 0.717) is 6.04 Å². The van der Waals surface area contributed by atoms with Gasteiger partial charge in [0, 0.05) is 36.7 Å². The van der Waals surface area contributed by atoms with E-state index in [0.717, 1.165) is 11.6 Å². The van der Waals surface area contributed by atoms with Crippen molar-refractivity contribution >= 4 is 11.6 Å².